The van der Waals surface area contributed by atoms with Crippen molar-refractivity contribution in [3.05, 3.63) is 70.5 Å². The summed E-state index contributed by atoms with van der Waals surface area (Å²) >= 11 is 1.70. The Kier molecular flexibility index (Phi) is 4.92. The normalized spacial score (nSPS) is 16.9. The van der Waals surface area contributed by atoms with Gasteiger partial charge in [-0.15, -0.1) is 11.8 Å². The molecule has 5 heteroatoms. The first kappa shape index (κ1) is 18.5. The summed E-state index contributed by atoms with van der Waals surface area (Å²) in [6.45, 7) is 3.00. The second kappa shape index (κ2) is 7.71. The first-order valence-corrected chi connectivity index (χ1v) is 11.3. The van der Waals surface area contributed by atoms with E-state index < -0.39 is 0 Å². The molecule has 0 saturated carbocycles. The lowest BCUT2D eigenvalue weighted by molar-refractivity contribution is -0.115. The molecule has 1 N–H and O–H groups in total. The van der Waals surface area contributed by atoms with Crippen LogP contribution in [-0.2, 0) is 17.6 Å². The van der Waals surface area contributed by atoms with Crippen LogP contribution in [0.25, 0.3) is 11.0 Å². The van der Waals surface area contributed by atoms with E-state index in [9.17, 15) is 4.79 Å². The third-order valence-corrected chi connectivity index (χ3v) is 7.14. The molecule has 3 heterocycles. The lowest BCUT2D eigenvalue weighted by Gasteiger charge is -2.27. The largest absolute Gasteiger partial charge is 0.346 e. The van der Waals surface area contributed by atoms with E-state index in [-0.39, 0.29) is 5.78 Å². The van der Waals surface area contributed by atoms with E-state index in [1.54, 1.807) is 11.8 Å². The second-order valence-electron chi connectivity index (χ2n) is 8.07. The zero-order valence-corrected chi connectivity index (χ0v) is 17.5. The number of aromatic nitrogens is 2. The van der Waals surface area contributed by atoms with Gasteiger partial charge in [0.05, 0.1) is 10.6 Å². The molecule has 148 valence electrons. The molecule has 0 unspecified atom stereocenters. The minimum absolute atomic E-state index is 0.284. The fraction of sp³-hybridized carbons (Fsp3) is 0.333. The van der Waals surface area contributed by atoms with Crippen LogP contribution in [0, 0.1) is 12.8 Å². The molecule has 0 radical (unpaired) electrons. The number of pyridine rings is 1. The van der Waals surface area contributed by atoms with Gasteiger partial charge in [-0.2, -0.15) is 0 Å². The maximum Gasteiger partial charge on any atom is 0.170 e. The van der Waals surface area contributed by atoms with Gasteiger partial charge in [-0.1, -0.05) is 24.3 Å². The molecule has 3 aromatic rings. The summed E-state index contributed by atoms with van der Waals surface area (Å²) in [6.07, 6.45) is 9.73. The number of hydrogen-bond acceptors (Lipinski definition) is 4. The zero-order valence-electron chi connectivity index (χ0n) is 16.6. The molecule has 1 aromatic carbocycles. The fourth-order valence-electron chi connectivity index (χ4n) is 4.59. The highest BCUT2D eigenvalue weighted by molar-refractivity contribution is 8.04. The number of H-pyrrole nitrogens is 1. The number of hydrogen-bond donors (Lipinski definition) is 1. The highest BCUT2D eigenvalue weighted by Gasteiger charge is 2.24. The average Bonchev–Trinajstić information content (AvgIpc) is 3.35. The summed E-state index contributed by atoms with van der Waals surface area (Å²) in [5, 5.41) is 1.14. The summed E-state index contributed by atoms with van der Waals surface area (Å²) in [4.78, 5) is 23.7. The first-order valence-electron chi connectivity index (χ1n) is 10.3. The van der Waals surface area contributed by atoms with Crippen molar-refractivity contribution in [1.29, 1.82) is 0 Å². The Hall–Kier alpha value is -2.53. The highest BCUT2D eigenvalue weighted by Crippen LogP contribution is 2.34. The monoisotopic (exact) mass is 403 g/mol. The number of nitrogens with one attached hydrogen (secondary N) is 1. The third kappa shape index (κ3) is 3.60. The Labute approximate surface area is 175 Å². The van der Waals surface area contributed by atoms with Gasteiger partial charge in [0.15, 0.2) is 5.78 Å². The van der Waals surface area contributed by atoms with Crippen molar-refractivity contribution in [2.24, 2.45) is 5.92 Å². The van der Waals surface area contributed by atoms with E-state index in [1.165, 1.54) is 16.7 Å². The Bertz CT molecular complexity index is 1080. The number of aryl methyl sites for hydroxylation is 1. The average molecular weight is 404 g/mol. The molecule has 5 rings (SSSR count). The number of aromatic amines is 1. The van der Waals surface area contributed by atoms with Crippen LogP contribution in [0.4, 0.5) is 5.69 Å². The third-order valence-electron chi connectivity index (χ3n) is 6.11. The smallest absolute Gasteiger partial charge is 0.170 e. The van der Waals surface area contributed by atoms with Gasteiger partial charge in [0, 0.05) is 42.7 Å². The summed E-state index contributed by atoms with van der Waals surface area (Å²) in [5.41, 5.74) is 6.14. The number of thioether (sulfide) groups is 1. The number of nitrogens with zero attached hydrogens (tertiary/aromatic N) is 2. The molecule has 2 aliphatic rings. The van der Waals surface area contributed by atoms with Crippen LogP contribution in [0.2, 0.25) is 0 Å². The topological polar surface area (TPSA) is 49.0 Å². The number of carbonyl (C=O) groups excluding carboxylic acids is 1. The minimum Gasteiger partial charge on any atom is -0.346 e. The zero-order chi connectivity index (χ0) is 19.8. The Morgan fingerprint density at radius 2 is 2.03 bits per heavy atom. The van der Waals surface area contributed by atoms with Crippen molar-refractivity contribution in [3.63, 3.8) is 0 Å². The number of fused-ring (bicyclic) bond motifs is 2. The van der Waals surface area contributed by atoms with Crippen molar-refractivity contribution >= 4 is 34.3 Å². The van der Waals surface area contributed by atoms with E-state index in [0.717, 1.165) is 53.2 Å². The van der Waals surface area contributed by atoms with Crippen LogP contribution in [0.1, 0.15) is 29.5 Å². The Balaban J connectivity index is 1.29. The number of ketones is 1. The van der Waals surface area contributed by atoms with Crippen LogP contribution in [0.3, 0.4) is 0 Å². The maximum atomic E-state index is 13.0. The molecule has 2 aromatic heterocycles. The molecule has 0 bridgehead atoms. The lowest BCUT2D eigenvalue weighted by atomic mass is 9.98. The van der Waals surface area contributed by atoms with Crippen LogP contribution in [0.15, 0.2) is 53.8 Å². The van der Waals surface area contributed by atoms with Gasteiger partial charge in [0.25, 0.3) is 0 Å². The van der Waals surface area contributed by atoms with Gasteiger partial charge < -0.3 is 9.88 Å². The molecule has 0 atom stereocenters. The number of Topliss-reactive ketones (excluding diaryl/α,β-unsaturated/α-hetero) is 1. The number of benzene rings is 1. The fourth-order valence-corrected chi connectivity index (χ4v) is 5.56. The maximum absolute atomic E-state index is 13.0. The molecule has 4 nitrogen and oxygen atoms in total. The predicted octanol–water partition coefficient (Wildman–Crippen LogP) is 5.03. The van der Waals surface area contributed by atoms with E-state index in [1.807, 2.05) is 18.5 Å². The summed E-state index contributed by atoms with van der Waals surface area (Å²) in [7, 11) is 0. The van der Waals surface area contributed by atoms with E-state index in [0.29, 0.717) is 12.3 Å². The van der Waals surface area contributed by atoms with E-state index in [2.05, 4.69) is 52.3 Å². The van der Waals surface area contributed by atoms with Gasteiger partial charge in [-0.25, -0.2) is 4.98 Å². The molecule has 1 aliphatic heterocycles. The number of carbonyl (C=O) groups is 1. The van der Waals surface area contributed by atoms with Crippen molar-refractivity contribution in [1.82, 2.24) is 9.97 Å². The predicted molar refractivity (Wildman–Crippen MR) is 120 cm³/mol. The molecule has 0 amide bonds. The molecular formula is C24H25N3OS. The van der Waals surface area contributed by atoms with Crippen LogP contribution >= 0.6 is 11.8 Å². The van der Waals surface area contributed by atoms with Crippen molar-refractivity contribution in [3.8, 4) is 0 Å². The van der Waals surface area contributed by atoms with Crippen LogP contribution in [0.5, 0.6) is 0 Å². The van der Waals surface area contributed by atoms with E-state index >= 15 is 0 Å². The molecule has 29 heavy (non-hydrogen) atoms. The number of allylic oxidation sites excluding steroid dienone is 1. The van der Waals surface area contributed by atoms with Gasteiger partial charge in [0.2, 0.25) is 0 Å². The first-order chi connectivity index (χ1) is 14.2. The van der Waals surface area contributed by atoms with Crippen molar-refractivity contribution in [2.45, 2.75) is 32.6 Å². The molecular weight excluding hydrogens is 378 g/mol. The molecule has 0 fully saturated rings. The second-order valence-corrected chi connectivity index (χ2v) is 9.20. The lowest BCUT2D eigenvalue weighted by Crippen LogP contribution is -2.25. The van der Waals surface area contributed by atoms with Gasteiger partial charge >= 0.3 is 0 Å². The quantitative estimate of drug-likeness (QED) is 0.649. The minimum atomic E-state index is 0.284. The van der Waals surface area contributed by atoms with Gasteiger partial charge in [-0.3, -0.25) is 4.79 Å². The number of anilines is 1. The highest BCUT2D eigenvalue weighted by atomic mass is 32.2. The molecule has 0 spiro atoms. The summed E-state index contributed by atoms with van der Waals surface area (Å²) in [5.74, 6) is 1.82. The molecule has 1 aliphatic carbocycles. The van der Waals surface area contributed by atoms with Gasteiger partial charge in [0.1, 0.15) is 5.65 Å². The molecule has 0 saturated heterocycles. The summed E-state index contributed by atoms with van der Waals surface area (Å²) in [6, 6.07) is 10.7. The Morgan fingerprint density at radius 3 is 2.83 bits per heavy atom. The SMILES string of the molecule is Cc1c[nH]c2nccc(N3C=C(C(=O)CCC4Cc5ccccc5C4)SCC3)c12. The summed E-state index contributed by atoms with van der Waals surface area (Å²) < 4.78 is 0. The van der Waals surface area contributed by atoms with Crippen LogP contribution in [-0.4, -0.2) is 28.0 Å². The van der Waals surface area contributed by atoms with Crippen molar-refractivity contribution in [2.75, 3.05) is 17.2 Å². The number of rotatable bonds is 5. The standard InChI is InChI=1S/C24H25N3OS/c1-16-14-26-24-23(16)20(8-9-25-24)27-10-11-29-22(15-27)21(28)7-6-17-12-18-4-2-3-5-19(18)13-17/h2-5,8-9,14-15,17H,6-7,10-13H2,1H3,(H,25,26). The van der Waals surface area contributed by atoms with Crippen LogP contribution < -0.4 is 4.90 Å². The van der Waals surface area contributed by atoms with Gasteiger partial charge in [-0.05, 0) is 54.9 Å². The Morgan fingerprint density at radius 1 is 1.24 bits per heavy atom. The van der Waals surface area contributed by atoms with E-state index in [4.69, 9.17) is 0 Å². The van der Waals surface area contributed by atoms with Crippen molar-refractivity contribution < 1.29 is 4.79 Å².